The van der Waals surface area contributed by atoms with Crippen molar-refractivity contribution in [3.8, 4) is 11.5 Å². The van der Waals surface area contributed by atoms with Gasteiger partial charge in [0, 0.05) is 26.7 Å². The lowest BCUT2D eigenvalue weighted by molar-refractivity contribution is -0.130. The summed E-state index contributed by atoms with van der Waals surface area (Å²) in [5.74, 6) is 0.875. The summed E-state index contributed by atoms with van der Waals surface area (Å²) < 4.78 is 10.4. The van der Waals surface area contributed by atoms with E-state index in [4.69, 9.17) is 15.2 Å². The van der Waals surface area contributed by atoms with Crippen LogP contribution in [0, 0.1) is 0 Å². The second-order valence-corrected chi connectivity index (χ2v) is 4.17. The molecule has 1 amide bonds. The number of hydrogen-bond donors (Lipinski definition) is 1. The topological polar surface area (TPSA) is 64.8 Å². The zero-order valence-electron chi connectivity index (χ0n) is 11.3. The average molecular weight is 252 g/mol. The number of likely N-dealkylation sites (N-methyl/N-ethyl adjacent to an activating group) is 1. The van der Waals surface area contributed by atoms with Gasteiger partial charge in [-0.25, -0.2) is 0 Å². The number of ether oxygens (including phenoxy) is 2. The average Bonchev–Trinajstić information content (AvgIpc) is 2.38. The standard InChI is InChI=1S/C13H20N2O3/c1-15(2)13(16)12(8-14)9-5-10(17-3)7-11(6-9)18-4/h5-7,12H,8,14H2,1-4H3. The molecule has 0 radical (unpaired) electrons. The van der Waals surface area contributed by atoms with Crippen molar-refractivity contribution in [2.45, 2.75) is 5.92 Å². The van der Waals surface area contributed by atoms with Crippen molar-refractivity contribution < 1.29 is 14.3 Å². The van der Waals surface area contributed by atoms with Gasteiger partial charge in [-0.05, 0) is 17.7 Å². The number of carbonyl (C=O) groups excluding carboxylic acids is 1. The summed E-state index contributed by atoms with van der Waals surface area (Å²) in [4.78, 5) is 13.6. The van der Waals surface area contributed by atoms with Crippen LogP contribution in [0.4, 0.5) is 0 Å². The van der Waals surface area contributed by atoms with Crippen molar-refractivity contribution in [1.82, 2.24) is 4.90 Å². The Bertz CT molecular complexity index is 396. The van der Waals surface area contributed by atoms with E-state index in [1.807, 2.05) is 0 Å². The molecule has 0 heterocycles. The minimum Gasteiger partial charge on any atom is -0.497 e. The number of methoxy groups -OCH3 is 2. The Morgan fingerprint density at radius 3 is 2.06 bits per heavy atom. The van der Waals surface area contributed by atoms with E-state index in [1.165, 1.54) is 4.90 Å². The summed E-state index contributed by atoms with van der Waals surface area (Å²) in [6.45, 7) is 0.243. The summed E-state index contributed by atoms with van der Waals surface area (Å²) in [6, 6.07) is 5.38. The maximum absolute atomic E-state index is 12.0. The maximum Gasteiger partial charge on any atom is 0.230 e. The highest BCUT2D eigenvalue weighted by molar-refractivity contribution is 5.83. The van der Waals surface area contributed by atoms with E-state index in [2.05, 4.69) is 0 Å². The molecule has 1 aromatic rings. The third-order valence-corrected chi connectivity index (χ3v) is 2.75. The maximum atomic E-state index is 12.0. The molecule has 1 aromatic carbocycles. The molecule has 0 saturated carbocycles. The van der Waals surface area contributed by atoms with Gasteiger partial charge in [0.2, 0.25) is 5.91 Å². The molecule has 0 spiro atoms. The third-order valence-electron chi connectivity index (χ3n) is 2.75. The van der Waals surface area contributed by atoms with Crippen molar-refractivity contribution in [3.05, 3.63) is 23.8 Å². The number of nitrogens with zero attached hydrogens (tertiary/aromatic N) is 1. The van der Waals surface area contributed by atoms with Crippen LogP contribution in [-0.2, 0) is 4.79 Å². The van der Waals surface area contributed by atoms with Crippen molar-refractivity contribution in [3.63, 3.8) is 0 Å². The molecule has 0 aliphatic heterocycles. The van der Waals surface area contributed by atoms with Gasteiger partial charge in [0.25, 0.3) is 0 Å². The molecule has 100 valence electrons. The number of amides is 1. The fourth-order valence-electron chi connectivity index (χ4n) is 1.72. The predicted octanol–water partition coefficient (Wildman–Crippen LogP) is 0.834. The molecule has 0 bridgehead atoms. The Hall–Kier alpha value is -1.75. The molecule has 0 saturated heterocycles. The smallest absolute Gasteiger partial charge is 0.230 e. The minimum absolute atomic E-state index is 0.0344. The van der Waals surface area contributed by atoms with E-state index in [9.17, 15) is 4.79 Å². The van der Waals surface area contributed by atoms with Crippen molar-refractivity contribution in [2.24, 2.45) is 5.73 Å². The normalized spacial score (nSPS) is 11.8. The van der Waals surface area contributed by atoms with Crippen LogP contribution in [-0.4, -0.2) is 45.7 Å². The number of hydrogen-bond acceptors (Lipinski definition) is 4. The largest absolute Gasteiger partial charge is 0.497 e. The molecule has 18 heavy (non-hydrogen) atoms. The van der Waals surface area contributed by atoms with Crippen LogP contribution in [0.25, 0.3) is 0 Å². The Morgan fingerprint density at radius 1 is 1.22 bits per heavy atom. The van der Waals surface area contributed by atoms with E-state index < -0.39 is 0 Å². The first-order valence-electron chi connectivity index (χ1n) is 5.67. The molecule has 0 aromatic heterocycles. The van der Waals surface area contributed by atoms with E-state index >= 15 is 0 Å². The molecule has 1 unspecified atom stereocenters. The molecule has 2 N–H and O–H groups in total. The highest BCUT2D eigenvalue weighted by atomic mass is 16.5. The van der Waals surface area contributed by atoms with Gasteiger partial charge in [0.15, 0.2) is 0 Å². The molecule has 0 fully saturated rings. The monoisotopic (exact) mass is 252 g/mol. The zero-order chi connectivity index (χ0) is 13.7. The first-order valence-corrected chi connectivity index (χ1v) is 5.67. The van der Waals surface area contributed by atoms with Gasteiger partial charge in [-0.15, -0.1) is 0 Å². The van der Waals surface area contributed by atoms with E-state index in [1.54, 1.807) is 46.5 Å². The van der Waals surface area contributed by atoms with Gasteiger partial charge in [-0.3, -0.25) is 4.79 Å². The minimum atomic E-state index is -0.385. The van der Waals surface area contributed by atoms with Crippen molar-refractivity contribution in [1.29, 1.82) is 0 Å². The summed E-state index contributed by atoms with van der Waals surface area (Å²) >= 11 is 0. The molecular formula is C13H20N2O3. The predicted molar refractivity (Wildman–Crippen MR) is 70.0 cm³/mol. The van der Waals surface area contributed by atoms with Crippen LogP contribution in [0.2, 0.25) is 0 Å². The van der Waals surface area contributed by atoms with Gasteiger partial charge in [-0.1, -0.05) is 0 Å². The van der Waals surface area contributed by atoms with Gasteiger partial charge in [0.05, 0.1) is 20.1 Å². The summed E-state index contributed by atoms with van der Waals surface area (Å²) in [7, 11) is 6.57. The lowest BCUT2D eigenvalue weighted by Gasteiger charge is -2.20. The Kier molecular flexibility index (Phi) is 4.97. The highest BCUT2D eigenvalue weighted by Crippen LogP contribution is 2.27. The zero-order valence-corrected chi connectivity index (χ0v) is 11.3. The van der Waals surface area contributed by atoms with E-state index in [0.29, 0.717) is 11.5 Å². The van der Waals surface area contributed by atoms with Gasteiger partial charge in [0.1, 0.15) is 11.5 Å². The molecule has 1 atom stereocenters. The SMILES string of the molecule is COc1cc(OC)cc(C(CN)C(=O)N(C)C)c1. The summed E-state index contributed by atoms with van der Waals surface area (Å²) in [5, 5.41) is 0. The second kappa shape index (κ2) is 6.26. The second-order valence-electron chi connectivity index (χ2n) is 4.17. The number of rotatable bonds is 5. The van der Waals surface area contributed by atoms with Crippen LogP contribution >= 0.6 is 0 Å². The van der Waals surface area contributed by atoms with Gasteiger partial charge < -0.3 is 20.1 Å². The van der Waals surface area contributed by atoms with E-state index in [-0.39, 0.29) is 18.4 Å². The van der Waals surface area contributed by atoms with Gasteiger partial charge in [-0.2, -0.15) is 0 Å². The van der Waals surface area contributed by atoms with Crippen LogP contribution in [0.3, 0.4) is 0 Å². The van der Waals surface area contributed by atoms with Crippen molar-refractivity contribution >= 4 is 5.91 Å². The quantitative estimate of drug-likeness (QED) is 0.843. The summed E-state index contributed by atoms with van der Waals surface area (Å²) in [5.41, 5.74) is 6.50. The third kappa shape index (κ3) is 3.13. The number of carbonyl (C=O) groups is 1. The fourth-order valence-corrected chi connectivity index (χ4v) is 1.72. The number of benzene rings is 1. The molecule has 0 aliphatic carbocycles. The molecule has 1 rings (SSSR count). The lowest BCUT2D eigenvalue weighted by atomic mass is 9.97. The number of nitrogens with two attached hydrogens (primary N) is 1. The van der Waals surface area contributed by atoms with Crippen molar-refractivity contribution in [2.75, 3.05) is 34.9 Å². The Labute approximate surface area is 107 Å². The Morgan fingerprint density at radius 2 is 1.72 bits per heavy atom. The fraction of sp³-hybridized carbons (Fsp3) is 0.462. The van der Waals surface area contributed by atoms with Crippen LogP contribution < -0.4 is 15.2 Å². The van der Waals surface area contributed by atoms with E-state index in [0.717, 1.165) is 5.56 Å². The lowest BCUT2D eigenvalue weighted by Crippen LogP contribution is -2.32. The molecule has 5 nitrogen and oxygen atoms in total. The summed E-state index contributed by atoms with van der Waals surface area (Å²) in [6.07, 6.45) is 0. The van der Waals surface area contributed by atoms with Crippen LogP contribution in [0.1, 0.15) is 11.5 Å². The molecule has 0 aliphatic rings. The first-order chi connectivity index (χ1) is 8.53. The van der Waals surface area contributed by atoms with Crippen LogP contribution in [0.15, 0.2) is 18.2 Å². The molecule has 5 heteroatoms. The Balaban J connectivity index is 3.16. The van der Waals surface area contributed by atoms with Crippen LogP contribution in [0.5, 0.6) is 11.5 Å². The highest BCUT2D eigenvalue weighted by Gasteiger charge is 2.22. The molecular weight excluding hydrogens is 232 g/mol. The first kappa shape index (κ1) is 14.3. The van der Waals surface area contributed by atoms with Gasteiger partial charge >= 0.3 is 0 Å².